The van der Waals surface area contributed by atoms with E-state index in [0.29, 0.717) is 28.3 Å². The minimum absolute atomic E-state index is 0.0648. The van der Waals surface area contributed by atoms with Crippen LogP contribution in [-0.2, 0) is 4.79 Å². The first-order valence-corrected chi connectivity index (χ1v) is 11.4. The Morgan fingerprint density at radius 2 is 1.61 bits per heavy atom. The number of nitrogen functional groups attached to an aromatic ring is 1. The number of aliphatic carboxylic acids is 1. The number of anilines is 1. The lowest BCUT2D eigenvalue weighted by molar-refractivity contribution is -0.137. The number of ketones is 1. The maximum atomic E-state index is 12.9. The molecule has 8 nitrogen and oxygen atoms in total. The lowest BCUT2D eigenvalue weighted by Gasteiger charge is -2.19. The van der Waals surface area contributed by atoms with E-state index < -0.39 is 12.0 Å². The first-order chi connectivity index (χ1) is 17.4. The number of hydrogen-bond donors (Lipinski definition) is 3. The molecule has 8 heteroatoms. The Morgan fingerprint density at radius 1 is 0.917 bits per heavy atom. The molecular formula is C28H25N3O5. The van der Waals surface area contributed by atoms with E-state index in [-0.39, 0.29) is 31.1 Å². The van der Waals surface area contributed by atoms with Crippen LogP contribution in [0.15, 0.2) is 85.1 Å². The minimum atomic E-state index is -0.970. The number of nitrogens with one attached hydrogen (secondary N) is 1. The van der Waals surface area contributed by atoms with Crippen LogP contribution in [0.4, 0.5) is 5.82 Å². The molecule has 1 heterocycles. The van der Waals surface area contributed by atoms with Crippen molar-refractivity contribution in [2.24, 2.45) is 0 Å². The lowest BCUT2D eigenvalue weighted by Crippen LogP contribution is -2.39. The molecule has 0 fully saturated rings. The van der Waals surface area contributed by atoms with Gasteiger partial charge in [0.25, 0.3) is 5.91 Å². The summed E-state index contributed by atoms with van der Waals surface area (Å²) in [5.74, 6) is -0.591. The van der Waals surface area contributed by atoms with Gasteiger partial charge < -0.3 is 20.9 Å². The number of hydrogen-bond acceptors (Lipinski definition) is 6. The van der Waals surface area contributed by atoms with Crippen molar-refractivity contribution in [3.63, 3.8) is 0 Å². The molecule has 0 aliphatic rings. The summed E-state index contributed by atoms with van der Waals surface area (Å²) < 4.78 is 5.86. The van der Waals surface area contributed by atoms with Crippen molar-refractivity contribution >= 4 is 34.3 Å². The first-order valence-electron chi connectivity index (χ1n) is 11.4. The third-order valence-electron chi connectivity index (χ3n) is 5.71. The summed E-state index contributed by atoms with van der Waals surface area (Å²) >= 11 is 0. The van der Waals surface area contributed by atoms with E-state index >= 15 is 0 Å². The molecule has 0 bridgehead atoms. The number of benzene rings is 3. The molecule has 0 aliphatic heterocycles. The van der Waals surface area contributed by atoms with Crippen molar-refractivity contribution in [1.29, 1.82) is 0 Å². The zero-order valence-electron chi connectivity index (χ0n) is 19.4. The summed E-state index contributed by atoms with van der Waals surface area (Å²) in [5, 5.41) is 13.6. The third kappa shape index (κ3) is 6.04. The smallest absolute Gasteiger partial charge is 0.303 e. The molecule has 0 spiro atoms. The van der Waals surface area contributed by atoms with Gasteiger partial charge in [0.1, 0.15) is 18.2 Å². The van der Waals surface area contributed by atoms with E-state index in [1.165, 1.54) is 0 Å². The van der Waals surface area contributed by atoms with Gasteiger partial charge in [-0.25, -0.2) is 4.98 Å². The number of carbonyl (C=O) groups excluding carboxylic acids is 2. The SMILES string of the molecule is Nc1nccc2ccc(OCC(CCC(=O)O)NC(=O)c3ccc(C(=O)c4ccccc4)cc3)cc12. The second-order valence-corrected chi connectivity index (χ2v) is 8.27. The number of amides is 1. The van der Waals surface area contributed by atoms with Crippen LogP contribution in [0.25, 0.3) is 10.8 Å². The number of pyridine rings is 1. The fourth-order valence-electron chi connectivity index (χ4n) is 3.75. The van der Waals surface area contributed by atoms with Gasteiger partial charge in [0, 0.05) is 34.7 Å². The largest absolute Gasteiger partial charge is 0.491 e. The summed E-state index contributed by atoms with van der Waals surface area (Å²) in [6, 6.07) is 21.9. The normalized spacial score (nSPS) is 11.6. The molecule has 4 aromatic rings. The molecule has 3 aromatic carbocycles. The molecule has 1 unspecified atom stereocenters. The average molecular weight is 484 g/mol. The summed E-state index contributed by atoms with van der Waals surface area (Å²) in [4.78, 5) is 40.7. The number of fused-ring (bicyclic) bond motifs is 1. The van der Waals surface area contributed by atoms with E-state index in [0.717, 1.165) is 10.8 Å². The van der Waals surface area contributed by atoms with Gasteiger partial charge in [-0.3, -0.25) is 14.4 Å². The van der Waals surface area contributed by atoms with Gasteiger partial charge in [0.05, 0.1) is 6.04 Å². The Balaban J connectivity index is 1.43. The summed E-state index contributed by atoms with van der Waals surface area (Å²) in [5.41, 5.74) is 7.32. The van der Waals surface area contributed by atoms with Crippen LogP contribution in [0.2, 0.25) is 0 Å². The first kappa shape index (κ1) is 24.4. The second-order valence-electron chi connectivity index (χ2n) is 8.27. The summed E-state index contributed by atoms with van der Waals surface area (Å²) in [7, 11) is 0. The monoisotopic (exact) mass is 483 g/mol. The van der Waals surface area contributed by atoms with Crippen molar-refractivity contribution in [2.45, 2.75) is 18.9 Å². The number of rotatable bonds is 10. The van der Waals surface area contributed by atoms with Crippen LogP contribution >= 0.6 is 0 Å². The highest BCUT2D eigenvalue weighted by Gasteiger charge is 2.17. The number of carboxylic acid groups (broad SMARTS) is 1. The van der Waals surface area contributed by atoms with Gasteiger partial charge in [-0.15, -0.1) is 0 Å². The highest BCUT2D eigenvalue weighted by Crippen LogP contribution is 2.24. The fraction of sp³-hybridized carbons (Fsp3) is 0.143. The van der Waals surface area contributed by atoms with Crippen LogP contribution in [-0.4, -0.2) is 40.4 Å². The predicted molar refractivity (Wildman–Crippen MR) is 136 cm³/mol. The Bertz CT molecular complexity index is 1390. The Labute approximate surface area is 207 Å². The van der Waals surface area contributed by atoms with Crippen LogP contribution < -0.4 is 15.8 Å². The molecule has 0 saturated heterocycles. The van der Waals surface area contributed by atoms with Gasteiger partial charge in [-0.05, 0) is 42.1 Å². The molecule has 0 aliphatic carbocycles. The predicted octanol–water partition coefficient (Wildman–Crippen LogP) is 4.09. The Morgan fingerprint density at radius 3 is 2.33 bits per heavy atom. The maximum Gasteiger partial charge on any atom is 0.303 e. The molecule has 36 heavy (non-hydrogen) atoms. The Kier molecular flexibility index (Phi) is 7.55. The average Bonchev–Trinajstić information content (AvgIpc) is 2.90. The number of ether oxygens (including phenoxy) is 1. The number of carboxylic acids is 1. The van der Waals surface area contributed by atoms with E-state index in [1.807, 2.05) is 18.2 Å². The van der Waals surface area contributed by atoms with Crippen LogP contribution in [0.5, 0.6) is 5.75 Å². The molecule has 1 atom stereocenters. The highest BCUT2D eigenvalue weighted by atomic mass is 16.5. The van der Waals surface area contributed by atoms with Crippen molar-refractivity contribution in [2.75, 3.05) is 12.3 Å². The van der Waals surface area contributed by atoms with Crippen molar-refractivity contribution in [1.82, 2.24) is 10.3 Å². The maximum absolute atomic E-state index is 12.9. The molecular weight excluding hydrogens is 458 g/mol. The Hall–Kier alpha value is -4.72. The van der Waals surface area contributed by atoms with Gasteiger partial charge in [-0.1, -0.05) is 48.5 Å². The number of nitrogens with zero attached hydrogens (tertiary/aromatic N) is 1. The number of carbonyl (C=O) groups is 3. The van der Waals surface area contributed by atoms with Crippen molar-refractivity contribution < 1.29 is 24.2 Å². The zero-order chi connectivity index (χ0) is 25.5. The molecule has 0 radical (unpaired) electrons. The summed E-state index contributed by atoms with van der Waals surface area (Å²) in [6.45, 7) is 0.0648. The third-order valence-corrected chi connectivity index (χ3v) is 5.71. The number of nitrogens with two attached hydrogens (primary N) is 1. The van der Waals surface area contributed by atoms with Gasteiger partial charge >= 0.3 is 5.97 Å². The zero-order valence-corrected chi connectivity index (χ0v) is 19.4. The minimum Gasteiger partial charge on any atom is -0.491 e. The molecule has 0 saturated carbocycles. The van der Waals surface area contributed by atoms with Crippen LogP contribution in [0, 0.1) is 0 Å². The summed E-state index contributed by atoms with van der Waals surface area (Å²) in [6.07, 6.45) is 1.68. The van der Waals surface area contributed by atoms with E-state index in [2.05, 4.69) is 10.3 Å². The van der Waals surface area contributed by atoms with Crippen LogP contribution in [0.3, 0.4) is 0 Å². The van der Waals surface area contributed by atoms with Gasteiger partial charge in [-0.2, -0.15) is 0 Å². The fourth-order valence-corrected chi connectivity index (χ4v) is 3.75. The number of aromatic nitrogens is 1. The van der Waals surface area contributed by atoms with Crippen molar-refractivity contribution in [3.05, 3.63) is 102 Å². The van der Waals surface area contributed by atoms with E-state index in [9.17, 15) is 14.4 Å². The topological polar surface area (TPSA) is 132 Å². The second kappa shape index (κ2) is 11.1. The molecule has 1 amide bonds. The molecule has 1 aromatic heterocycles. The molecule has 4 N–H and O–H groups in total. The molecule has 4 rings (SSSR count). The quantitative estimate of drug-likeness (QED) is 0.290. The van der Waals surface area contributed by atoms with E-state index in [4.69, 9.17) is 15.6 Å². The highest BCUT2D eigenvalue weighted by molar-refractivity contribution is 6.09. The van der Waals surface area contributed by atoms with Gasteiger partial charge in [0.2, 0.25) is 0 Å². The lowest BCUT2D eigenvalue weighted by atomic mass is 10.0. The van der Waals surface area contributed by atoms with Gasteiger partial charge in [0.15, 0.2) is 5.78 Å². The standard InChI is InChI=1S/C28H25N3O5/c29-27-24-16-23(12-10-18(24)14-15-30-27)36-17-22(11-13-25(32)33)31-28(35)21-8-6-20(7-9-21)26(34)19-4-2-1-3-5-19/h1-10,12,14-16,22H,11,13,17H2,(H2,29,30)(H,31,35)(H,32,33). The van der Waals surface area contributed by atoms with E-state index in [1.54, 1.807) is 66.9 Å². The van der Waals surface area contributed by atoms with Crippen LogP contribution in [0.1, 0.15) is 39.1 Å². The van der Waals surface area contributed by atoms with Crippen molar-refractivity contribution in [3.8, 4) is 5.75 Å². The molecule has 182 valence electrons.